The van der Waals surface area contributed by atoms with Gasteiger partial charge >= 0.3 is 0 Å². The summed E-state index contributed by atoms with van der Waals surface area (Å²) in [5, 5.41) is 12.1. The van der Waals surface area contributed by atoms with Gasteiger partial charge in [0.05, 0.1) is 11.3 Å². The fraction of sp³-hybridized carbons (Fsp3) is 0.462. The van der Waals surface area contributed by atoms with Gasteiger partial charge in [-0.05, 0) is 31.0 Å². The molecule has 17 heavy (non-hydrogen) atoms. The molecule has 1 aliphatic heterocycles. The molecule has 0 radical (unpaired) electrons. The minimum absolute atomic E-state index is 0.261. The van der Waals surface area contributed by atoms with Crippen LogP contribution < -0.4 is 5.32 Å². The van der Waals surface area contributed by atoms with E-state index in [9.17, 15) is 0 Å². The highest BCUT2D eigenvalue weighted by atomic mass is 35.5. The Morgan fingerprint density at radius 1 is 1.24 bits per heavy atom. The number of hydrogen-bond donors (Lipinski definition) is 2. The van der Waals surface area contributed by atoms with Crippen LogP contribution in [0.5, 0.6) is 0 Å². The van der Waals surface area contributed by atoms with Gasteiger partial charge in [0.15, 0.2) is 5.72 Å². The maximum Gasteiger partial charge on any atom is 0.217 e. The second-order valence-electron chi connectivity index (χ2n) is 4.80. The number of fused-ring (bicyclic) bond motifs is 1. The Morgan fingerprint density at radius 2 is 2.00 bits per heavy atom. The molecule has 4 heteroatoms. The van der Waals surface area contributed by atoms with Crippen molar-refractivity contribution in [3.63, 3.8) is 0 Å². The van der Waals surface area contributed by atoms with E-state index in [0.29, 0.717) is 5.02 Å². The lowest BCUT2D eigenvalue weighted by Crippen LogP contribution is -2.47. The fourth-order valence-corrected chi connectivity index (χ4v) is 2.86. The van der Waals surface area contributed by atoms with Crippen molar-refractivity contribution in [1.29, 1.82) is 5.41 Å². The molecule has 90 valence electrons. The normalized spacial score (nSPS) is 21.6. The molecule has 1 aromatic rings. The van der Waals surface area contributed by atoms with Crippen molar-refractivity contribution in [1.82, 2.24) is 0 Å². The Morgan fingerprint density at radius 3 is 2.76 bits per heavy atom. The molecule has 0 atom stereocenters. The lowest BCUT2D eigenvalue weighted by Gasteiger charge is -2.42. The lowest BCUT2D eigenvalue weighted by molar-refractivity contribution is 0.0413. The van der Waals surface area contributed by atoms with Crippen LogP contribution in [0.2, 0.25) is 5.02 Å². The molecular formula is C13H15ClN2O. The lowest BCUT2D eigenvalue weighted by atomic mass is 9.90. The first-order valence-electron chi connectivity index (χ1n) is 6.04. The zero-order chi connectivity index (χ0) is 11.9. The van der Waals surface area contributed by atoms with Gasteiger partial charge < -0.3 is 10.1 Å². The molecule has 1 aromatic carbocycles. The third-order valence-corrected chi connectivity index (χ3v) is 3.78. The maximum absolute atomic E-state index is 8.00. The number of hydrogen-bond acceptors (Lipinski definition) is 3. The average Bonchev–Trinajstić information content (AvgIpc) is 2.29. The number of benzene rings is 1. The van der Waals surface area contributed by atoms with E-state index in [4.69, 9.17) is 21.7 Å². The largest absolute Gasteiger partial charge is 0.451 e. The van der Waals surface area contributed by atoms with E-state index in [-0.39, 0.29) is 11.6 Å². The van der Waals surface area contributed by atoms with Gasteiger partial charge in [0.1, 0.15) is 0 Å². The summed E-state index contributed by atoms with van der Waals surface area (Å²) in [6.07, 6.45) is 5.47. The van der Waals surface area contributed by atoms with Crippen LogP contribution in [-0.2, 0) is 4.74 Å². The van der Waals surface area contributed by atoms with E-state index in [1.165, 1.54) is 6.42 Å². The number of rotatable bonds is 0. The first kappa shape index (κ1) is 10.9. The predicted molar refractivity (Wildman–Crippen MR) is 68.8 cm³/mol. The highest BCUT2D eigenvalue weighted by Gasteiger charge is 2.39. The van der Waals surface area contributed by atoms with Crippen molar-refractivity contribution >= 4 is 23.2 Å². The highest BCUT2D eigenvalue weighted by Crippen LogP contribution is 2.38. The molecule has 0 amide bonds. The summed E-state index contributed by atoms with van der Waals surface area (Å²) in [6, 6.07) is 5.51. The minimum atomic E-state index is -0.368. The topological polar surface area (TPSA) is 45.1 Å². The number of halogens is 1. The van der Waals surface area contributed by atoms with Crippen molar-refractivity contribution in [2.24, 2.45) is 0 Å². The zero-order valence-corrected chi connectivity index (χ0v) is 10.3. The van der Waals surface area contributed by atoms with Crippen LogP contribution in [0.1, 0.15) is 37.7 Å². The van der Waals surface area contributed by atoms with Gasteiger partial charge in [-0.3, -0.25) is 5.41 Å². The summed E-state index contributed by atoms with van der Waals surface area (Å²) < 4.78 is 5.81. The quantitative estimate of drug-likeness (QED) is 0.736. The number of anilines is 1. The average molecular weight is 251 g/mol. The number of nitrogens with one attached hydrogen (secondary N) is 2. The highest BCUT2D eigenvalue weighted by molar-refractivity contribution is 6.31. The molecule has 3 nitrogen and oxygen atoms in total. The van der Waals surface area contributed by atoms with Gasteiger partial charge in [0.25, 0.3) is 0 Å². The second-order valence-corrected chi connectivity index (χ2v) is 5.24. The van der Waals surface area contributed by atoms with Gasteiger partial charge in [0, 0.05) is 17.9 Å². The zero-order valence-electron chi connectivity index (χ0n) is 9.55. The molecule has 1 heterocycles. The first-order valence-corrected chi connectivity index (χ1v) is 6.42. The summed E-state index contributed by atoms with van der Waals surface area (Å²) in [7, 11) is 0. The molecule has 3 rings (SSSR count). The molecule has 0 saturated heterocycles. The van der Waals surface area contributed by atoms with Crippen LogP contribution in [-0.4, -0.2) is 11.6 Å². The monoisotopic (exact) mass is 250 g/mol. The van der Waals surface area contributed by atoms with E-state index in [2.05, 4.69) is 5.32 Å². The predicted octanol–water partition coefficient (Wildman–Crippen LogP) is 3.77. The van der Waals surface area contributed by atoms with Crippen molar-refractivity contribution in [2.45, 2.75) is 37.8 Å². The Hall–Kier alpha value is -1.22. The second kappa shape index (κ2) is 3.91. The Labute approximate surface area is 106 Å². The van der Waals surface area contributed by atoms with Gasteiger partial charge in [-0.2, -0.15) is 0 Å². The van der Waals surface area contributed by atoms with Crippen LogP contribution in [0.3, 0.4) is 0 Å². The summed E-state index contributed by atoms with van der Waals surface area (Å²) in [6.45, 7) is 0. The summed E-state index contributed by atoms with van der Waals surface area (Å²) >= 11 is 6.00. The summed E-state index contributed by atoms with van der Waals surface area (Å²) in [4.78, 5) is 0. The number of ether oxygens (including phenoxy) is 1. The first-order chi connectivity index (χ1) is 8.19. The van der Waals surface area contributed by atoms with Gasteiger partial charge in [0.2, 0.25) is 5.90 Å². The molecule has 1 aliphatic carbocycles. The smallest absolute Gasteiger partial charge is 0.217 e. The van der Waals surface area contributed by atoms with Crippen LogP contribution in [0.25, 0.3) is 0 Å². The van der Waals surface area contributed by atoms with Crippen LogP contribution in [0.4, 0.5) is 5.69 Å². The van der Waals surface area contributed by atoms with Gasteiger partial charge in [-0.15, -0.1) is 0 Å². The van der Waals surface area contributed by atoms with Crippen molar-refractivity contribution < 1.29 is 4.74 Å². The third-order valence-electron chi connectivity index (χ3n) is 3.55. The molecular weight excluding hydrogens is 236 g/mol. The van der Waals surface area contributed by atoms with Crippen LogP contribution in [0, 0.1) is 5.41 Å². The van der Waals surface area contributed by atoms with E-state index in [1.807, 2.05) is 12.1 Å². The SMILES string of the molecule is N=C1OC2(CCCCC2)Nc2cc(Cl)ccc21. The van der Waals surface area contributed by atoms with E-state index in [1.54, 1.807) is 6.07 Å². The van der Waals surface area contributed by atoms with E-state index >= 15 is 0 Å². The van der Waals surface area contributed by atoms with Crippen molar-refractivity contribution in [2.75, 3.05) is 5.32 Å². The molecule has 1 fully saturated rings. The third kappa shape index (κ3) is 1.89. The molecule has 1 spiro atoms. The van der Waals surface area contributed by atoms with E-state index in [0.717, 1.165) is 36.9 Å². The summed E-state index contributed by atoms with van der Waals surface area (Å²) in [5.41, 5.74) is 1.36. The van der Waals surface area contributed by atoms with E-state index < -0.39 is 0 Å². The molecule has 0 unspecified atom stereocenters. The van der Waals surface area contributed by atoms with Gasteiger partial charge in [-0.1, -0.05) is 18.0 Å². The summed E-state index contributed by atoms with van der Waals surface area (Å²) in [5.74, 6) is 0.261. The Kier molecular flexibility index (Phi) is 2.51. The Bertz CT molecular complexity index is 466. The fourth-order valence-electron chi connectivity index (χ4n) is 2.69. The standard InChI is InChI=1S/C13H15ClN2O/c14-9-4-5-10-11(8-9)16-13(17-12(10)15)6-2-1-3-7-13/h4-5,8,15-16H,1-3,6-7H2. The van der Waals surface area contributed by atoms with Crippen molar-refractivity contribution in [3.8, 4) is 0 Å². The Balaban J connectivity index is 1.98. The molecule has 2 N–H and O–H groups in total. The van der Waals surface area contributed by atoms with Crippen molar-refractivity contribution in [3.05, 3.63) is 28.8 Å². The van der Waals surface area contributed by atoms with Crippen LogP contribution >= 0.6 is 11.6 Å². The molecule has 1 saturated carbocycles. The molecule has 0 bridgehead atoms. The minimum Gasteiger partial charge on any atom is -0.451 e. The maximum atomic E-state index is 8.00. The molecule has 2 aliphatic rings. The van der Waals surface area contributed by atoms with Gasteiger partial charge in [-0.25, -0.2) is 0 Å². The molecule has 0 aromatic heterocycles. The van der Waals surface area contributed by atoms with Crippen LogP contribution in [0.15, 0.2) is 18.2 Å².